The van der Waals surface area contributed by atoms with E-state index in [1.807, 2.05) is 6.92 Å². The van der Waals surface area contributed by atoms with Crippen molar-refractivity contribution in [3.05, 3.63) is 11.6 Å². The average molecular weight is 1200 g/mol. The largest absolute Gasteiger partial charge is 0.394 e. The molecule has 0 radical (unpaired) electrons. The third-order valence-electron chi connectivity index (χ3n) is 21.2. The lowest BCUT2D eigenvalue weighted by Crippen LogP contribution is -2.67. The molecular formula is C56H92O27. The second kappa shape index (κ2) is 25.5. The summed E-state index contributed by atoms with van der Waals surface area (Å²) in [5, 5.41) is 172. The number of fused-ring (bicyclic) bond motifs is 7. The van der Waals surface area contributed by atoms with E-state index in [2.05, 4.69) is 26.8 Å². The molecule has 0 aromatic rings. The van der Waals surface area contributed by atoms with Gasteiger partial charge in [0.15, 0.2) is 37.2 Å². The molecule has 0 aromatic heterocycles. The molecule has 3 saturated carbocycles. The molecule has 4 aliphatic carbocycles. The minimum atomic E-state index is -1.96. The molecular weight excluding hydrogens is 1100 g/mol. The number of allylic oxidation sites excluding steroid dienone is 1. The van der Waals surface area contributed by atoms with Crippen molar-refractivity contribution >= 4 is 0 Å². The summed E-state index contributed by atoms with van der Waals surface area (Å²) in [7, 11) is 0. The van der Waals surface area contributed by atoms with Crippen LogP contribution < -0.4 is 0 Å². The zero-order valence-corrected chi connectivity index (χ0v) is 47.6. The van der Waals surface area contributed by atoms with E-state index in [-0.39, 0.29) is 41.3 Å². The minimum absolute atomic E-state index is 0.0994. The fourth-order valence-corrected chi connectivity index (χ4v) is 16.2. The summed E-state index contributed by atoms with van der Waals surface area (Å²) in [6, 6.07) is 0. The highest BCUT2D eigenvalue weighted by Gasteiger charge is 2.68. The summed E-state index contributed by atoms with van der Waals surface area (Å²) in [5.41, 5.74) is 0.914. The van der Waals surface area contributed by atoms with Gasteiger partial charge in [-0.1, -0.05) is 39.3 Å². The van der Waals surface area contributed by atoms with Gasteiger partial charge in [0.1, 0.15) is 110 Å². The number of hydrogen-bond acceptors (Lipinski definition) is 27. The topological polar surface area (TPSA) is 425 Å². The number of rotatable bonds is 17. The van der Waals surface area contributed by atoms with Gasteiger partial charge in [-0.05, 0) is 98.7 Å². The first kappa shape index (κ1) is 64.6. The summed E-state index contributed by atoms with van der Waals surface area (Å²) in [5.74, 6) is -0.495. The zero-order chi connectivity index (χ0) is 59.9. The smallest absolute Gasteiger partial charge is 0.187 e. The van der Waals surface area contributed by atoms with E-state index < -0.39 is 186 Å². The molecule has 35 atom stereocenters. The van der Waals surface area contributed by atoms with Crippen LogP contribution in [0, 0.1) is 46.3 Å². The van der Waals surface area contributed by atoms with Crippen LogP contribution in [0.15, 0.2) is 11.6 Å². The lowest BCUT2D eigenvalue weighted by Gasteiger charge is -2.58. The Labute approximate surface area is 481 Å². The monoisotopic (exact) mass is 1200 g/mol. The Hall–Kier alpha value is -1.34. The Balaban J connectivity index is 0.800. The van der Waals surface area contributed by atoms with Gasteiger partial charge in [-0.15, -0.1) is 0 Å². The highest BCUT2D eigenvalue weighted by molar-refractivity contribution is 5.26. The van der Waals surface area contributed by atoms with Crippen LogP contribution in [0.3, 0.4) is 0 Å². The molecule has 16 N–H and O–H groups in total. The van der Waals surface area contributed by atoms with Crippen LogP contribution in [0.1, 0.15) is 92.4 Å². The van der Waals surface area contributed by atoms with Crippen molar-refractivity contribution in [2.45, 2.75) is 258 Å². The standard InChI is InChI=1S/C56H92O27/c1-21(19-73-49-42(68)40(66)37(63)31(16-57)77-49)8-13-56(72)22(2)34-30(83-56)15-28-26-7-6-24-14-25(9-11-54(24,4)27(26)10-12-55(28,34)5)76-53-48(82-51-43(69)39(65)35(61)23(3)75-51)44(70)46(33(18-59)79-53)80-52-45(71)47(38(64)32(17-58)78-52)81-50-41(67)36(62)29(60)20-74-50/h6,21-23,25-53,57-72H,7-20H2,1-5H3. The molecule has 478 valence electrons. The Bertz CT molecular complexity index is 2180. The van der Waals surface area contributed by atoms with Gasteiger partial charge in [0.25, 0.3) is 0 Å². The Morgan fingerprint density at radius 2 is 1.22 bits per heavy atom. The molecule has 10 rings (SSSR count). The van der Waals surface area contributed by atoms with E-state index in [0.29, 0.717) is 43.4 Å². The van der Waals surface area contributed by atoms with E-state index in [1.54, 1.807) is 0 Å². The van der Waals surface area contributed by atoms with E-state index in [1.165, 1.54) is 12.5 Å². The predicted octanol–water partition coefficient (Wildman–Crippen LogP) is -4.54. The average Bonchev–Trinajstić information content (AvgIpc) is 1.68. The molecule has 6 aliphatic heterocycles. The van der Waals surface area contributed by atoms with E-state index in [0.717, 1.165) is 32.1 Å². The lowest BCUT2D eigenvalue weighted by atomic mass is 9.47. The number of aliphatic hydroxyl groups is 16. The van der Waals surface area contributed by atoms with Gasteiger partial charge in [-0.3, -0.25) is 0 Å². The number of hydrogen-bond donors (Lipinski definition) is 16. The van der Waals surface area contributed by atoms with E-state index in [4.69, 9.17) is 52.1 Å². The second-order valence-corrected chi connectivity index (χ2v) is 26.2. The Morgan fingerprint density at radius 1 is 0.602 bits per heavy atom. The minimum Gasteiger partial charge on any atom is -0.394 e. The molecule has 83 heavy (non-hydrogen) atoms. The van der Waals surface area contributed by atoms with Crippen LogP contribution in [-0.2, 0) is 52.1 Å². The third-order valence-corrected chi connectivity index (χ3v) is 21.2. The van der Waals surface area contributed by atoms with Crippen LogP contribution in [0.4, 0.5) is 0 Å². The molecule has 35 unspecified atom stereocenters. The molecule has 0 amide bonds. The van der Waals surface area contributed by atoms with Gasteiger partial charge in [-0.2, -0.15) is 0 Å². The molecule has 27 heteroatoms. The quantitative estimate of drug-likeness (QED) is 0.0610. The van der Waals surface area contributed by atoms with Crippen molar-refractivity contribution in [1.29, 1.82) is 0 Å². The number of aliphatic hydroxyl groups excluding tert-OH is 15. The zero-order valence-electron chi connectivity index (χ0n) is 47.6. The maximum atomic E-state index is 12.3. The van der Waals surface area contributed by atoms with Crippen LogP contribution in [-0.4, -0.2) is 280 Å². The Kier molecular flexibility index (Phi) is 19.9. The van der Waals surface area contributed by atoms with Gasteiger partial charge in [0, 0.05) is 12.3 Å². The second-order valence-electron chi connectivity index (χ2n) is 26.2. The van der Waals surface area contributed by atoms with Crippen molar-refractivity contribution in [1.82, 2.24) is 0 Å². The summed E-state index contributed by atoms with van der Waals surface area (Å²) in [4.78, 5) is 0. The summed E-state index contributed by atoms with van der Waals surface area (Å²) >= 11 is 0. The highest BCUT2D eigenvalue weighted by atomic mass is 16.8. The van der Waals surface area contributed by atoms with Crippen molar-refractivity contribution in [3.8, 4) is 0 Å². The fraction of sp³-hybridized carbons (Fsp3) is 0.964. The van der Waals surface area contributed by atoms with Gasteiger partial charge in [-0.25, -0.2) is 0 Å². The normalized spacial score (nSPS) is 55.0. The van der Waals surface area contributed by atoms with Crippen molar-refractivity contribution < 1.29 is 134 Å². The van der Waals surface area contributed by atoms with E-state index >= 15 is 0 Å². The maximum Gasteiger partial charge on any atom is 0.187 e. The fourth-order valence-electron chi connectivity index (χ4n) is 16.2. The predicted molar refractivity (Wildman–Crippen MR) is 277 cm³/mol. The van der Waals surface area contributed by atoms with Crippen LogP contribution in [0.2, 0.25) is 0 Å². The summed E-state index contributed by atoms with van der Waals surface area (Å²) in [6.45, 7) is 7.61. The van der Waals surface area contributed by atoms with Gasteiger partial charge < -0.3 is 134 Å². The van der Waals surface area contributed by atoms with Crippen molar-refractivity contribution in [2.75, 3.05) is 33.0 Å². The van der Waals surface area contributed by atoms with Gasteiger partial charge in [0.2, 0.25) is 0 Å². The Morgan fingerprint density at radius 3 is 1.93 bits per heavy atom. The first-order chi connectivity index (χ1) is 39.3. The molecule has 10 aliphatic rings. The molecule has 0 spiro atoms. The lowest BCUT2D eigenvalue weighted by molar-refractivity contribution is -0.395. The van der Waals surface area contributed by atoms with Crippen LogP contribution in [0.25, 0.3) is 0 Å². The van der Waals surface area contributed by atoms with Crippen molar-refractivity contribution in [2.24, 2.45) is 46.3 Å². The van der Waals surface area contributed by atoms with Crippen molar-refractivity contribution in [3.63, 3.8) is 0 Å². The molecule has 27 nitrogen and oxygen atoms in total. The first-order valence-corrected chi connectivity index (χ1v) is 29.8. The summed E-state index contributed by atoms with van der Waals surface area (Å²) < 4.78 is 66.1. The maximum absolute atomic E-state index is 12.3. The highest BCUT2D eigenvalue weighted by Crippen LogP contribution is 2.70. The SMILES string of the molecule is CC(CCC1(O)OC2CC3C4CC=C5CC(OC6OC(CO)C(OC7OC(CO)C(O)C(OC8OCC(O)C(O)C8O)C7O)C(O)C6OC6OC(C)C(O)C(O)C6O)CCC5(C)C4CCC3(C)C2C1C)COC1OC(CO)C(O)C(O)C1O. The van der Waals surface area contributed by atoms with Gasteiger partial charge >= 0.3 is 0 Å². The van der Waals surface area contributed by atoms with E-state index in [9.17, 15) is 81.7 Å². The third kappa shape index (κ3) is 11.9. The molecule has 9 fully saturated rings. The van der Waals surface area contributed by atoms with Crippen LogP contribution >= 0.6 is 0 Å². The first-order valence-electron chi connectivity index (χ1n) is 29.8. The summed E-state index contributed by atoms with van der Waals surface area (Å²) in [6.07, 6.45) is -30.4. The van der Waals surface area contributed by atoms with Gasteiger partial charge in [0.05, 0.1) is 51.3 Å². The van der Waals surface area contributed by atoms with Crippen LogP contribution in [0.5, 0.6) is 0 Å². The molecule has 6 saturated heterocycles. The molecule has 6 heterocycles. The molecule has 0 bridgehead atoms. The molecule has 0 aromatic carbocycles. The number of ether oxygens (including phenoxy) is 11.